The van der Waals surface area contributed by atoms with Gasteiger partial charge >= 0.3 is 6.09 Å². The first-order valence-corrected chi connectivity index (χ1v) is 8.23. The lowest BCUT2D eigenvalue weighted by Gasteiger charge is -2.43. The Labute approximate surface area is 128 Å². The second kappa shape index (κ2) is 6.97. The molecule has 122 valence electrons. The number of ether oxygens (including phenoxy) is 1. The van der Waals surface area contributed by atoms with Crippen LogP contribution in [-0.4, -0.2) is 65.4 Å². The average molecular weight is 298 g/mol. The molecule has 1 amide bonds. The minimum Gasteiger partial charge on any atom is -0.444 e. The third-order valence-electron chi connectivity index (χ3n) is 4.54. The van der Waals surface area contributed by atoms with Crippen LogP contribution in [0.1, 0.15) is 46.5 Å². The second-order valence-electron chi connectivity index (χ2n) is 7.30. The van der Waals surface area contributed by atoms with Crippen molar-refractivity contribution in [3.8, 4) is 0 Å². The fraction of sp³-hybridized carbons (Fsp3) is 0.938. The van der Waals surface area contributed by atoms with Gasteiger partial charge in [-0.15, -0.1) is 0 Å². The molecule has 0 aromatic carbocycles. The molecule has 1 heterocycles. The van der Waals surface area contributed by atoms with E-state index in [0.29, 0.717) is 12.0 Å². The van der Waals surface area contributed by atoms with Gasteiger partial charge in [0, 0.05) is 38.8 Å². The lowest BCUT2D eigenvalue weighted by molar-refractivity contribution is -0.00197. The molecular weight excluding hydrogens is 268 g/mol. The van der Waals surface area contributed by atoms with Gasteiger partial charge in [0.15, 0.2) is 0 Å². The van der Waals surface area contributed by atoms with Crippen LogP contribution in [0.15, 0.2) is 0 Å². The molecular formula is C16H30N2O3. The van der Waals surface area contributed by atoms with Gasteiger partial charge in [0.05, 0.1) is 0 Å². The van der Waals surface area contributed by atoms with Crippen LogP contribution in [0.25, 0.3) is 0 Å². The topological polar surface area (TPSA) is 53.0 Å². The number of piperazine rings is 1. The van der Waals surface area contributed by atoms with Gasteiger partial charge in [-0.2, -0.15) is 0 Å². The SMILES string of the molecule is CC(C)(C)OC(=O)N1CCN([C@@H]2CCCC[C@H]2CO)CC1. The van der Waals surface area contributed by atoms with Gasteiger partial charge in [0.25, 0.3) is 0 Å². The Morgan fingerprint density at radius 1 is 1.14 bits per heavy atom. The van der Waals surface area contributed by atoms with Gasteiger partial charge in [0.1, 0.15) is 5.60 Å². The monoisotopic (exact) mass is 298 g/mol. The molecule has 0 radical (unpaired) electrons. The molecule has 2 aliphatic rings. The summed E-state index contributed by atoms with van der Waals surface area (Å²) >= 11 is 0. The second-order valence-corrected chi connectivity index (χ2v) is 7.30. The molecule has 5 nitrogen and oxygen atoms in total. The number of hydrogen-bond donors (Lipinski definition) is 1. The van der Waals surface area contributed by atoms with E-state index >= 15 is 0 Å². The predicted molar refractivity (Wildman–Crippen MR) is 82.2 cm³/mol. The zero-order valence-electron chi connectivity index (χ0n) is 13.7. The molecule has 0 aromatic rings. The first-order chi connectivity index (χ1) is 9.90. The molecule has 0 spiro atoms. The predicted octanol–water partition coefficient (Wildman–Crippen LogP) is 2.09. The van der Waals surface area contributed by atoms with Crippen molar-refractivity contribution >= 4 is 6.09 Å². The van der Waals surface area contributed by atoms with Crippen LogP contribution < -0.4 is 0 Å². The van der Waals surface area contributed by atoms with Crippen molar-refractivity contribution in [1.82, 2.24) is 9.80 Å². The van der Waals surface area contributed by atoms with Crippen molar-refractivity contribution in [3.63, 3.8) is 0 Å². The number of nitrogens with zero attached hydrogens (tertiary/aromatic N) is 2. The summed E-state index contributed by atoms with van der Waals surface area (Å²) in [6.07, 6.45) is 4.60. The van der Waals surface area contributed by atoms with E-state index in [9.17, 15) is 9.90 Å². The van der Waals surface area contributed by atoms with E-state index in [4.69, 9.17) is 4.74 Å². The summed E-state index contributed by atoms with van der Waals surface area (Å²) in [5, 5.41) is 9.55. The van der Waals surface area contributed by atoms with Crippen molar-refractivity contribution in [2.45, 2.75) is 58.1 Å². The molecule has 2 rings (SSSR count). The maximum atomic E-state index is 12.1. The summed E-state index contributed by atoms with van der Waals surface area (Å²) in [4.78, 5) is 16.3. The van der Waals surface area contributed by atoms with Crippen LogP contribution in [0.5, 0.6) is 0 Å². The third-order valence-corrected chi connectivity index (χ3v) is 4.54. The molecule has 21 heavy (non-hydrogen) atoms. The van der Waals surface area contributed by atoms with Crippen molar-refractivity contribution < 1.29 is 14.6 Å². The highest BCUT2D eigenvalue weighted by Gasteiger charge is 2.33. The zero-order chi connectivity index (χ0) is 15.5. The highest BCUT2D eigenvalue weighted by atomic mass is 16.6. The molecule has 2 fully saturated rings. The molecule has 0 bridgehead atoms. The number of aliphatic hydroxyl groups excluding tert-OH is 1. The van der Waals surface area contributed by atoms with Crippen LogP contribution in [0, 0.1) is 5.92 Å². The van der Waals surface area contributed by atoms with Crippen molar-refractivity contribution in [2.24, 2.45) is 5.92 Å². The highest BCUT2D eigenvalue weighted by Crippen LogP contribution is 2.29. The lowest BCUT2D eigenvalue weighted by atomic mass is 9.84. The van der Waals surface area contributed by atoms with Gasteiger partial charge in [-0.05, 0) is 39.5 Å². The van der Waals surface area contributed by atoms with Crippen LogP contribution in [0.3, 0.4) is 0 Å². The molecule has 1 aliphatic heterocycles. The Hall–Kier alpha value is -0.810. The molecule has 2 atom stereocenters. The fourth-order valence-electron chi connectivity index (χ4n) is 3.44. The number of carbonyl (C=O) groups is 1. The van der Waals surface area contributed by atoms with E-state index in [2.05, 4.69) is 4.90 Å². The Morgan fingerprint density at radius 3 is 2.33 bits per heavy atom. The summed E-state index contributed by atoms with van der Waals surface area (Å²) in [5.41, 5.74) is -0.431. The number of aliphatic hydroxyl groups is 1. The Bertz CT molecular complexity index is 346. The summed E-state index contributed by atoms with van der Waals surface area (Å²) in [6, 6.07) is 0.490. The number of hydrogen-bond acceptors (Lipinski definition) is 4. The van der Waals surface area contributed by atoms with E-state index in [1.165, 1.54) is 19.3 Å². The first kappa shape index (κ1) is 16.6. The normalized spacial score (nSPS) is 28.5. The van der Waals surface area contributed by atoms with E-state index in [-0.39, 0.29) is 12.7 Å². The number of amides is 1. The largest absolute Gasteiger partial charge is 0.444 e. The van der Waals surface area contributed by atoms with Crippen molar-refractivity contribution in [3.05, 3.63) is 0 Å². The van der Waals surface area contributed by atoms with Gasteiger partial charge in [-0.3, -0.25) is 4.90 Å². The number of carbonyl (C=O) groups excluding carboxylic acids is 1. The summed E-state index contributed by atoms with van der Waals surface area (Å²) < 4.78 is 5.43. The molecule has 1 saturated heterocycles. The smallest absolute Gasteiger partial charge is 0.410 e. The maximum absolute atomic E-state index is 12.1. The maximum Gasteiger partial charge on any atom is 0.410 e. The van der Waals surface area contributed by atoms with E-state index in [1.54, 1.807) is 4.90 Å². The Kier molecular flexibility index (Phi) is 5.49. The minimum absolute atomic E-state index is 0.204. The van der Waals surface area contributed by atoms with Gasteiger partial charge in [-0.25, -0.2) is 4.79 Å². The Morgan fingerprint density at radius 2 is 1.76 bits per heavy atom. The molecule has 0 unspecified atom stereocenters. The van der Waals surface area contributed by atoms with Gasteiger partial charge in [-0.1, -0.05) is 12.8 Å². The molecule has 1 N–H and O–H groups in total. The molecule has 5 heteroatoms. The summed E-state index contributed by atoms with van der Waals surface area (Å²) in [7, 11) is 0. The zero-order valence-corrected chi connectivity index (χ0v) is 13.7. The third kappa shape index (κ3) is 4.58. The van der Waals surface area contributed by atoms with Crippen LogP contribution in [0.4, 0.5) is 4.79 Å². The minimum atomic E-state index is -0.431. The van der Waals surface area contributed by atoms with Crippen molar-refractivity contribution in [2.75, 3.05) is 32.8 Å². The number of rotatable bonds is 2. The van der Waals surface area contributed by atoms with Crippen LogP contribution in [0.2, 0.25) is 0 Å². The average Bonchev–Trinajstić information content (AvgIpc) is 2.45. The quantitative estimate of drug-likeness (QED) is 0.848. The lowest BCUT2D eigenvalue weighted by Crippen LogP contribution is -2.55. The molecule has 1 saturated carbocycles. The van der Waals surface area contributed by atoms with Gasteiger partial charge in [0.2, 0.25) is 0 Å². The molecule has 1 aliphatic carbocycles. The van der Waals surface area contributed by atoms with Crippen LogP contribution in [-0.2, 0) is 4.74 Å². The van der Waals surface area contributed by atoms with Gasteiger partial charge < -0.3 is 14.7 Å². The Balaban J connectivity index is 1.83. The van der Waals surface area contributed by atoms with Crippen LogP contribution >= 0.6 is 0 Å². The van der Waals surface area contributed by atoms with E-state index in [0.717, 1.165) is 32.6 Å². The fourth-order valence-corrected chi connectivity index (χ4v) is 3.44. The first-order valence-electron chi connectivity index (χ1n) is 8.23. The van der Waals surface area contributed by atoms with E-state index < -0.39 is 5.60 Å². The van der Waals surface area contributed by atoms with E-state index in [1.807, 2.05) is 20.8 Å². The summed E-state index contributed by atoms with van der Waals surface area (Å²) in [5.74, 6) is 0.409. The molecule has 0 aromatic heterocycles. The standard InChI is InChI=1S/C16H30N2O3/c1-16(2,3)21-15(20)18-10-8-17(9-11-18)14-7-5-4-6-13(14)12-19/h13-14,19H,4-12H2,1-3H3/t13-,14+/m0/s1. The van der Waals surface area contributed by atoms with Crippen molar-refractivity contribution in [1.29, 1.82) is 0 Å². The highest BCUT2D eigenvalue weighted by molar-refractivity contribution is 5.68. The summed E-state index contributed by atoms with van der Waals surface area (Å²) in [6.45, 7) is 9.21.